The molecule has 0 saturated heterocycles. The van der Waals surface area contributed by atoms with Crippen LogP contribution in [0.1, 0.15) is 30.9 Å². The summed E-state index contributed by atoms with van der Waals surface area (Å²) < 4.78 is 6.55. The third-order valence-electron chi connectivity index (χ3n) is 3.76. The van der Waals surface area contributed by atoms with Crippen LogP contribution in [0.15, 0.2) is 52.5 Å². The summed E-state index contributed by atoms with van der Waals surface area (Å²) in [6, 6.07) is 14.9. The number of anilines is 1. The van der Waals surface area contributed by atoms with Crippen LogP contribution in [-0.4, -0.2) is 12.5 Å². The van der Waals surface area contributed by atoms with Crippen molar-refractivity contribution in [2.45, 2.75) is 26.7 Å². The third-order valence-corrected chi connectivity index (χ3v) is 4.25. The van der Waals surface area contributed by atoms with Crippen LogP contribution >= 0.6 is 15.9 Å². The maximum absolute atomic E-state index is 12.4. The summed E-state index contributed by atoms with van der Waals surface area (Å²) in [5.41, 5.74) is 2.41. The van der Waals surface area contributed by atoms with Crippen LogP contribution in [0.5, 0.6) is 5.75 Å². The Morgan fingerprint density at radius 2 is 2.00 bits per heavy atom. The lowest BCUT2D eigenvalue weighted by molar-refractivity contribution is -0.112. The topological polar surface area (TPSA) is 62.1 Å². The summed E-state index contributed by atoms with van der Waals surface area (Å²) in [4.78, 5) is 12.4. The first kappa shape index (κ1) is 19.7. The van der Waals surface area contributed by atoms with E-state index in [0.29, 0.717) is 12.3 Å². The van der Waals surface area contributed by atoms with Crippen LogP contribution in [0.25, 0.3) is 6.08 Å². The van der Waals surface area contributed by atoms with Crippen molar-refractivity contribution in [3.8, 4) is 11.8 Å². The van der Waals surface area contributed by atoms with E-state index in [2.05, 4.69) is 28.2 Å². The van der Waals surface area contributed by atoms with Crippen molar-refractivity contribution in [1.29, 1.82) is 5.26 Å². The molecule has 1 N–H and O–H groups in total. The molecule has 0 fully saturated rings. The Morgan fingerprint density at radius 3 is 2.62 bits per heavy atom. The van der Waals surface area contributed by atoms with Gasteiger partial charge in [0.05, 0.1) is 6.61 Å². The van der Waals surface area contributed by atoms with Crippen molar-refractivity contribution in [2.75, 3.05) is 11.9 Å². The average Bonchev–Trinajstić information content (AvgIpc) is 2.63. The summed E-state index contributed by atoms with van der Waals surface area (Å²) in [7, 11) is 0. The summed E-state index contributed by atoms with van der Waals surface area (Å²) >= 11 is 3.39. The highest BCUT2D eigenvalue weighted by Crippen LogP contribution is 2.21. The van der Waals surface area contributed by atoms with Crippen LogP contribution in [0.2, 0.25) is 0 Å². The zero-order valence-corrected chi connectivity index (χ0v) is 16.5. The highest BCUT2D eigenvalue weighted by atomic mass is 79.9. The molecule has 0 saturated carbocycles. The molecule has 134 valence electrons. The number of nitrogens with one attached hydrogen (secondary N) is 1. The largest absolute Gasteiger partial charge is 0.494 e. The van der Waals surface area contributed by atoms with Crippen molar-refractivity contribution in [2.24, 2.45) is 0 Å². The molecular formula is C21H21BrN2O2. The SMILES string of the molecule is CCCCOc1ccc(/C=C(\C#N)C(=O)Nc2ccc(Br)cc2C)cc1. The predicted molar refractivity (Wildman–Crippen MR) is 108 cm³/mol. The van der Waals surface area contributed by atoms with Gasteiger partial charge in [-0.3, -0.25) is 4.79 Å². The van der Waals surface area contributed by atoms with E-state index >= 15 is 0 Å². The third kappa shape index (κ3) is 5.75. The molecule has 0 unspecified atom stereocenters. The lowest BCUT2D eigenvalue weighted by atomic mass is 10.1. The molecule has 2 aromatic rings. The number of carbonyl (C=O) groups excluding carboxylic acids is 1. The number of nitrogens with zero attached hydrogens (tertiary/aromatic N) is 1. The number of hydrogen-bond donors (Lipinski definition) is 1. The van der Waals surface area contributed by atoms with E-state index in [-0.39, 0.29) is 5.57 Å². The van der Waals surface area contributed by atoms with Crippen molar-refractivity contribution in [3.05, 3.63) is 63.6 Å². The van der Waals surface area contributed by atoms with E-state index in [1.54, 1.807) is 12.1 Å². The molecule has 5 heteroatoms. The Labute approximate surface area is 162 Å². The quantitative estimate of drug-likeness (QED) is 0.371. The molecule has 2 aromatic carbocycles. The van der Waals surface area contributed by atoms with Crippen molar-refractivity contribution in [3.63, 3.8) is 0 Å². The van der Waals surface area contributed by atoms with Gasteiger partial charge in [-0.25, -0.2) is 0 Å². The Kier molecular flexibility index (Phi) is 7.43. The second kappa shape index (κ2) is 9.79. The van der Waals surface area contributed by atoms with Crippen molar-refractivity contribution >= 4 is 33.6 Å². The van der Waals surface area contributed by atoms with Gasteiger partial charge in [-0.15, -0.1) is 0 Å². The van der Waals surface area contributed by atoms with Gasteiger partial charge in [0.25, 0.3) is 5.91 Å². The second-order valence-electron chi connectivity index (χ2n) is 5.85. The molecule has 1 amide bonds. The number of unbranched alkanes of at least 4 members (excludes halogenated alkanes) is 1. The molecule has 0 aliphatic carbocycles. The molecular weight excluding hydrogens is 392 g/mol. The standard InChI is InChI=1S/C21H21BrN2O2/c1-3-4-11-26-19-8-5-16(6-9-19)13-17(14-23)21(25)24-20-10-7-18(22)12-15(20)2/h5-10,12-13H,3-4,11H2,1-2H3,(H,24,25)/b17-13+. The minimum atomic E-state index is -0.429. The number of amides is 1. The summed E-state index contributed by atoms with van der Waals surface area (Å²) in [6.45, 7) is 4.69. The van der Waals surface area contributed by atoms with E-state index in [0.717, 1.165) is 34.2 Å². The molecule has 0 aromatic heterocycles. The van der Waals surface area contributed by atoms with Crippen molar-refractivity contribution < 1.29 is 9.53 Å². The highest BCUT2D eigenvalue weighted by molar-refractivity contribution is 9.10. The van der Waals surface area contributed by atoms with E-state index < -0.39 is 5.91 Å². The first-order valence-corrected chi connectivity index (χ1v) is 9.25. The van der Waals surface area contributed by atoms with Crippen LogP contribution in [0.4, 0.5) is 5.69 Å². The summed E-state index contributed by atoms with van der Waals surface area (Å²) in [5.74, 6) is 0.352. The second-order valence-corrected chi connectivity index (χ2v) is 6.77. The van der Waals surface area contributed by atoms with Gasteiger partial charge in [0, 0.05) is 10.2 Å². The van der Waals surface area contributed by atoms with E-state index in [4.69, 9.17) is 4.74 Å². The zero-order chi connectivity index (χ0) is 18.9. The minimum Gasteiger partial charge on any atom is -0.494 e. The number of rotatable bonds is 7. The number of aryl methyl sites for hydroxylation is 1. The smallest absolute Gasteiger partial charge is 0.266 e. The van der Waals surface area contributed by atoms with Gasteiger partial charge < -0.3 is 10.1 Å². The lowest BCUT2D eigenvalue weighted by Gasteiger charge is -2.08. The van der Waals surface area contributed by atoms with Gasteiger partial charge >= 0.3 is 0 Å². The maximum atomic E-state index is 12.4. The highest BCUT2D eigenvalue weighted by Gasteiger charge is 2.11. The number of ether oxygens (including phenoxy) is 1. The fraction of sp³-hybridized carbons (Fsp3) is 0.238. The Balaban J connectivity index is 2.09. The average molecular weight is 413 g/mol. The molecule has 0 radical (unpaired) electrons. The van der Waals surface area contributed by atoms with Gasteiger partial charge in [-0.2, -0.15) is 5.26 Å². The molecule has 26 heavy (non-hydrogen) atoms. The molecule has 0 aliphatic heterocycles. The predicted octanol–water partition coefficient (Wildman–Crippen LogP) is 5.48. The monoisotopic (exact) mass is 412 g/mol. The Bertz CT molecular complexity index is 836. The van der Waals surface area contributed by atoms with Gasteiger partial charge in [0.2, 0.25) is 0 Å². The Morgan fingerprint density at radius 1 is 1.27 bits per heavy atom. The lowest BCUT2D eigenvalue weighted by Crippen LogP contribution is -2.14. The molecule has 0 atom stereocenters. The first-order valence-electron chi connectivity index (χ1n) is 8.45. The van der Waals surface area contributed by atoms with Crippen LogP contribution in [0.3, 0.4) is 0 Å². The van der Waals surface area contributed by atoms with E-state index in [1.165, 1.54) is 0 Å². The number of hydrogen-bond acceptors (Lipinski definition) is 3. The molecule has 0 spiro atoms. The summed E-state index contributed by atoms with van der Waals surface area (Å²) in [5, 5.41) is 12.1. The molecule has 2 rings (SSSR count). The van der Waals surface area contributed by atoms with Crippen LogP contribution < -0.4 is 10.1 Å². The number of benzene rings is 2. The summed E-state index contributed by atoms with van der Waals surface area (Å²) in [6.07, 6.45) is 3.66. The fourth-order valence-corrected chi connectivity index (χ4v) is 2.74. The number of halogens is 1. The zero-order valence-electron chi connectivity index (χ0n) is 14.9. The maximum Gasteiger partial charge on any atom is 0.266 e. The van der Waals surface area contributed by atoms with Gasteiger partial charge in [0.1, 0.15) is 17.4 Å². The van der Waals surface area contributed by atoms with Gasteiger partial charge in [-0.05, 0) is 60.9 Å². The van der Waals surface area contributed by atoms with E-state index in [9.17, 15) is 10.1 Å². The normalized spacial score (nSPS) is 10.9. The molecule has 0 aliphatic rings. The van der Waals surface area contributed by atoms with E-state index in [1.807, 2.05) is 49.4 Å². The fourth-order valence-electron chi connectivity index (χ4n) is 2.27. The molecule has 4 nitrogen and oxygen atoms in total. The van der Waals surface area contributed by atoms with Crippen molar-refractivity contribution in [1.82, 2.24) is 0 Å². The number of carbonyl (C=O) groups is 1. The molecule has 0 heterocycles. The van der Waals surface area contributed by atoms with Gasteiger partial charge in [0.15, 0.2) is 0 Å². The minimum absolute atomic E-state index is 0.0481. The number of nitriles is 1. The molecule has 0 bridgehead atoms. The van der Waals surface area contributed by atoms with Crippen LogP contribution in [0, 0.1) is 18.3 Å². The first-order chi connectivity index (χ1) is 12.5. The van der Waals surface area contributed by atoms with Crippen LogP contribution in [-0.2, 0) is 4.79 Å². The Hall–Kier alpha value is -2.58. The van der Waals surface area contributed by atoms with Gasteiger partial charge in [-0.1, -0.05) is 41.4 Å².